The first-order valence-corrected chi connectivity index (χ1v) is 11.4. The molecular weight excluding hydrogens is 404 g/mol. The standard InChI is InChI=1S/C26H28N2O2S/c1-3-4-16-24(29)27-22-14-9-15-23(18-22)31-25(20-11-6-5-7-12-20)26(30)28-21-13-8-10-19(2)17-21/h5-15,17-18,25H,3-4,16H2,1-2H3,(H,27,29)(H,28,30). The lowest BCUT2D eigenvalue weighted by Gasteiger charge is -2.18. The Morgan fingerprint density at radius 3 is 2.29 bits per heavy atom. The van der Waals surface area contributed by atoms with Gasteiger partial charge in [0.1, 0.15) is 5.25 Å². The number of aryl methyl sites for hydroxylation is 1. The number of carbonyl (C=O) groups is 2. The number of carbonyl (C=O) groups excluding carboxylic acids is 2. The van der Waals surface area contributed by atoms with Crippen molar-refractivity contribution in [3.63, 3.8) is 0 Å². The summed E-state index contributed by atoms with van der Waals surface area (Å²) in [6, 6.07) is 25.2. The molecule has 2 N–H and O–H groups in total. The second-order valence-electron chi connectivity index (χ2n) is 7.45. The average molecular weight is 433 g/mol. The number of hydrogen-bond donors (Lipinski definition) is 2. The van der Waals surface area contributed by atoms with Gasteiger partial charge in [-0.25, -0.2) is 0 Å². The molecule has 3 aromatic rings. The molecule has 31 heavy (non-hydrogen) atoms. The lowest BCUT2D eigenvalue weighted by molar-refractivity contribution is -0.116. The van der Waals surface area contributed by atoms with Gasteiger partial charge in [-0.1, -0.05) is 61.9 Å². The van der Waals surface area contributed by atoms with E-state index in [9.17, 15) is 9.59 Å². The Hall–Kier alpha value is -3.05. The first kappa shape index (κ1) is 22.6. The van der Waals surface area contributed by atoms with E-state index in [-0.39, 0.29) is 11.8 Å². The number of benzene rings is 3. The maximum Gasteiger partial charge on any atom is 0.242 e. The van der Waals surface area contributed by atoms with E-state index in [4.69, 9.17) is 0 Å². The Labute approximate surface area is 188 Å². The summed E-state index contributed by atoms with van der Waals surface area (Å²) in [5, 5.41) is 5.57. The second kappa shape index (κ2) is 11.4. The second-order valence-corrected chi connectivity index (χ2v) is 8.63. The van der Waals surface area contributed by atoms with Gasteiger partial charge >= 0.3 is 0 Å². The minimum atomic E-state index is -0.423. The maximum atomic E-state index is 13.2. The molecule has 0 aromatic heterocycles. The van der Waals surface area contributed by atoms with Gasteiger partial charge in [0.15, 0.2) is 0 Å². The van der Waals surface area contributed by atoms with Gasteiger partial charge in [-0.15, -0.1) is 11.8 Å². The molecule has 0 aliphatic rings. The summed E-state index contributed by atoms with van der Waals surface area (Å²) in [5.74, 6) is -0.0695. The van der Waals surface area contributed by atoms with Crippen LogP contribution in [0.4, 0.5) is 11.4 Å². The lowest BCUT2D eigenvalue weighted by atomic mass is 10.1. The Morgan fingerprint density at radius 1 is 0.871 bits per heavy atom. The number of anilines is 2. The molecule has 0 spiro atoms. The van der Waals surface area contributed by atoms with Crippen molar-refractivity contribution in [2.24, 2.45) is 0 Å². The zero-order chi connectivity index (χ0) is 22.1. The molecular formula is C26H28N2O2S. The quantitative estimate of drug-likeness (QED) is 0.375. The van der Waals surface area contributed by atoms with Crippen LogP contribution in [-0.4, -0.2) is 11.8 Å². The molecule has 3 rings (SSSR count). The fourth-order valence-corrected chi connectivity index (χ4v) is 4.26. The number of unbranched alkanes of at least 4 members (excludes halogenated alkanes) is 1. The van der Waals surface area contributed by atoms with Crippen LogP contribution in [0.15, 0.2) is 83.8 Å². The highest BCUT2D eigenvalue weighted by Gasteiger charge is 2.22. The fraction of sp³-hybridized carbons (Fsp3) is 0.231. The van der Waals surface area contributed by atoms with Crippen molar-refractivity contribution >= 4 is 35.0 Å². The van der Waals surface area contributed by atoms with Crippen molar-refractivity contribution in [3.05, 3.63) is 90.0 Å². The molecule has 1 atom stereocenters. The van der Waals surface area contributed by atoms with Gasteiger partial charge in [0.05, 0.1) is 0 Å². The van der Waals surface area contributed by atoms with Gasteiger partial charge in [-0.05, 0) is 54.8 Å². The number of thioether (sulfide) groups is 1. The van der Waals surface area contributed by atoms with E-state index in [0.717, 1.165) is 40.2 Å². The summed E-state index contributed by atoms with van der Waals surface area (Å²) >= 11 is 1.47. The van der Waals surface area contributed by atoms with E-state index < -0.39 is 5.25 Å². The highest BCUT2D eigenvalue weighted by Crippen LogP contribution is 2.37. The monoisotopic (exact) mass is 432 g/mol. The molecule has 160 valence electrons. The largest absolute Gasteiger partial charge is 0.326 e. The smallest absolute Gasteiger partial charge is 0.242 e. The third-order valence-corrected chi connectivity index (χ3v) is 6.00. The number of amides is 2. The van der Waals surface area contributed by atoms with E-state index in [2.05, 4.69) is 17.6 Å². The van der Waals surface area contributed by atoms with Gasteiger partial charge < -0.3 is 10.6 Å². The van der Waals surface area contributed by atoms with Gasteiger partial charge in [0.25, 0.3) is 0 Å². The van der Waals surface area contributed by atoms with Crippen LogP contribution in [0, 0.1) is 6.92 Å². The molecule has 2 amide bonds. The molecule has 0 saturated carbocycles. The summed E-state index contributed by atoms with van der Waals surface area (Å²) in [6.07, 6.45) is 2.37. The molecule has 0 heterocycles. The molecule has 5 heteroatoms. The first-order chi connectivity index (χ1) is 15.0. The third kappa shape index (κ3) is 7.00. The van der Waals surface area contributed by atoms with Gasteiger partial charge in [0, 0.05) is 22.7 Å². The average Bonchev–Trinajstić information content (AvgIpc) is 2.77. The van der Waals surface area contributed by atoms with Crippen LogP contribution < -0.4 is 10.6 Å². The topological polar surface area (TPSA) is 58.2 Å². The van der Waals surface area contributed by atoms with E-state index in [1.165, 1.54) is 11.8 Å². The van der Waals surface area contributed by atoms with Crippen LogP contribution in [0.1, 0.15) is 42.6 Å². The van der Waals surface area contributed by atoms with Crippen LogP contribution in [-0.2, 0) is 9.59 Å². The number of rotatable bonds is 9. The summed E-state index contributed by atoms with van der Waals surface area (Å²) in [5.41, 5.74) is 3.55. The van der Waals surface area contributed by atoms with E-state index in [1.807, 2.05) is 85.8 Å². The summed E-state index contributed by atoms with van der Waals surface area (Å²) < 4.78 is 0. The van der Waals surface area contributed by atoms with Crippen LogP contribution in [0.2, 0.25) is 0 Å². The number of hydrogen-bond acceptors (Lipinski definition) is 3. The van der Waals surface area contributed by atoms with Crippen LogP contribution >= 0.6 is 11.8 Å². The predicted octanol–water partition coefficient (Wildman–Crippen LogP) is 6.60. The molecule has 0 saturated heterocycles. The van der Waals surface area contributed by atoms with E-state index in [1.54, 1.807) is 0 Å². The maximum absolute atomic E-state index is 13.2. The van der Waals surface area contributed by atoms with E-state index in [0.29, 0.717) is 6.42 Å². The highest BCUT2D eigenvalue weighted by atomic mass is 32.2. The molecule has 4 nitrogen and oxygen atoms in total. The molecule has 3 aromatic carbocycles. The summed E-state index contributed by atoms with van der Waals surface area (Å²) in [4.78, 5) is 26.2. The summed E-state index contributed by atoms with van der Waals surface area (Å²) in [6.45, 7) is 4.06. The van der Waals surface area contributed by atoms with Crippen molar-refractivity contribution in [1.82, 2.24) is 0 Å². The number of nitrogens with one attached hydrogen (secondary N) is 2. The Morgan fingerprint density at radius 2 is 1.58 bits per heavy atom. The Bertz CT molecular complexity index is 1020. The zero-order valence-electron chi connectivity index (χ0n) is 17.9. The van der Waals surface area contributed by atoms with Crippen LogP contribution in [0.5, 0.6) is 0 Å². The molecule has 0 aliphatic heterocycles. The first-order valence-electron chi connectivity index (χ1n) is 10.5. The fourth-order valence-electron chi connectivity index (χ4n) is 3.18. The van der Waals surface area contributed by atoms with Gasteiger partial charge in [-0.3, -0.25) is 9.59 Å². The minimum Gasteiger partial charge on any atom is -0.326 e. The molecule has 1 unspecified atom stereocenters. The van der Waals surface area contributed by atoms with Crippen molar-refractivity contribution in [2.45, 2.75) is 43.3 Å². The molecule has 0 fully saturated rings. The Kier molecular flexibility index (Phi) is 8.30. The van der Waals surface area contributed by atoms with Gasteiger partial charge in [-0.2, -0.15) is 0 Å². The summed E-state index contributed by atoms with van der Waals surface area (Å²) in [7, 11) is 0. The predicted molar refractivity (Wildman–Crippen MR) is 129 cm³/mol. The van der Waals surface area contributed by atoms with Gasteiger partial charge in [0.2, 0.25) is 11.8 Å². The lowest BCUT2D eigenvalue weighted by Crippen LogP contribution is -2.19. The minimum absolute atomic E-state index is 0.0146. The van der Waals surface area contributed by atoms with Crippen LogP contribution in [0.3, 0.4) is 0 Å². The Balaban J connectivity index is 1.78. The van der Waals surface area contributed by atoms with Crippen LogP contribution in [0.25, 0.3) is 0 Å². The normalized spacial score (nSPS) is 11.5. The molecule has 0 radical (unpaired) electrons. The van der Waals surface area contributed by atoms with Crippen molar-refractivity contribution < 1.29 is 9.59 Å². The van der Waals surface area contributed by atoms with E-state index >= 15 is 0 Å². The molecule has 0 aliphatic carbocycles. The van der Waals surface area contributed by atoms with Crippen molar-refractivity contribution in [3.8, 4) is 0 Å². The molecule has 0 bridgehead atoms. The van der Waals surface area contributed by atoms with Crippen molar-refractivity contribution in [1.29, 1.82) is 0 Å². The third-order valence-electron chi connectivity index (χ3n) is 4.76. The highest BCUT2D eigenvalue weighted by molar-refractivity contribution is 8.00. The SMILES string of the molecule is CCCCC(=O)Nc1cccc(SC(C(=O)Nc2cccc(C)c2)c2ccccc2)c1. The van der Waals surface area contributed by atoms with Crippen molar-refractivity contribution in [2.75, 3.05) is 10.6 Å². The zero-order valence-corrected chi connectivity index (χ0v) is 18.7.